The minimum Gasteiger partial charge on any atom is -0.478 e. The van der Waals surface area contributed by atoms with Crippen molar-refractivity contribution < 1.29 is 9.90 Å². The van der Waals surface area contributed by atoms with Crippen molar-refractivity contribution in [2.24, 2.45) is 0 Å². The molecule has 0 fully saturated rings. The molecule has 0 saturated heterocycles. The molecule has 2 aromatic carbocycles. The molecule has 7 heteroatoms. The van der Waals surface area contributed by atoms with E-state index in [2.05, 4.69) is 15.7 Å². The third-order valence-corrected chi connectivity index (χ3v) is 4.18. The maximum atomic E-state index is 12.1. The van der Waals surface area contributed by atoms with Crippen molar-refractivity contribution in [1.82, 2.24) is 20.4 Å². The van der Waals surface area contributed by atoms with Crippen LogP contribution in [0.5, 0.6) is 0 Å². The van der Waals surface area contributed by atoms with Gasteiger partial charge in [-0.05, 0) is 29.3 Å². The van der Waals surface area contributed by atoms with E-state index in [4.69, 9.17) is 0 Å². The number of carbonyl (C=O) groups is 1. The minimum absolute atomic E-state index is 0.697. The summed E-state index contributed by atoms with van der Waals surface area (Å²) in [5.41, 5.74) is 4.32. The van der Waals surface area contributed by atoms with Gasteiger partial charge in [-0.15, -0.1) is 5.10 Å². The van der Waals surface area contributed by atoms with E-state index in [1.807, 2.05) is 54.6 Å². The predicted molar refractivity (Wildman–Crippen MR) is 92.3 cm³/mol. The van der Waals surface area contributed by atoms with E-state index in [0.717, 1.165) is 11.1 Å². The number of carboxylic acids is 1. The molecule has 1 atom stereocenters. The molecule has 0 saturated carbocycles. The molecule has 4 rings (SSSR count). The fraction of sp³-hybridized carbons (Fsp3) is 0.0556. The first-order valence-electron chi connectivity index (χ1n) is 7.71. The molecule has 2 N–H and O–H groups in total. The molecule has 1 aromatic heterocycles. The van der Waals surface area contributed by atoms with E-state index in [9.17, 15) is 9.90 Å². The summed E-state index contributed by atoms with van der Waals surface area (Å²) in [5, 5.41) is 19.0. The van der Waals surface area contributed by atoms with Gasteiger partial charge >= 0.3 is 5.97 Å². The summed E-state index contributed by atoms with van der Waals surface area (Å²) in [7, 11) is 0. The molecule has 1 aliphatic rings. The Bertz CT molecular complexity index is 906. The molecule has 0 aliphatic carbocycles. The zero-order valence-corrected chi connectivity index (χ0v) is 13.1. The lowest BCUT2D eigenvalue weighted by Gasteiger charge is -2.34. The largest absolute Gasteiger partial charge is 0.478 e. The molecular weight excluding hydrogens is 318 g/mol. The molecular formula is C18H15N5O2. The van der Waals surface area contributed by atoms with Crippen molar-refractivity contribution in [3.8, 4) is 11.1 Å². The Morgan fingerprint density at radius 2 is 1.76 bits per heavy atom. The van der Waals surface area contributed by atoms with Gasteiger partial charge in [0.25, 0.3) is 5.66 Å². The van der Waals surface area contributed by atoms with Crippen molar-refractivity contribution in [3.05, 3.63) is 79.3 Å². The molecule has 25 heavy (non-hydrogen) atoms. The molecule has 124 valence electrons. The van der Waals surface area contributed by atoms with E-state index in [1.54, 1.807) is 11.2 Å². The highest BCUT2D eigenvalue weighted by molar-refractivity contribution is 5.84. The third-order valence-electron chi connectivity index (χ3n) is 4.18. The first kappa shape index (κ1) is 14.9. The molecule has 0 spiro atoms. The van der Waals surface area contributed by atoms with Gasteiger partial charge < -0.3 is 10.5 Å². The Hall–Kier alpha value is -3.61. The number of nitrogens with zero attached hydrogens (tertiary/aromatic N) is 4. The Balaban J connectivity index is 1.73. The van der Waals surface area contributed by atoms with Crippen LogP contribution in [0.2, 0.25) is 0 Å². The second-order valence-corrected chi connectivity index (χ2v) is 5.59. The summed E-state index contributed by atoms with van der Waals surface area (Å²) in [4.78, 5) is 12.1. The van der Waals surface area contributed by atoms with Crippen molar-refractivity contribution in [2.75, 3.05) is 5.01 Å². The fourth-order valence-electron chi connectivity index (χ4n) is 2.94. The van der Waals surface area contributed by atoms with Crippen LogP contribution in [0.25, 0.3) is 11.1 Å². The monoisotopic (exact) mass is 333 g/mol. The van der Waals surface area contributed by atoms with Crippen LogP contribution in [0.1, 0.15) is 0 Å². The Morgan fingerprint density at radius 1 is 1.04 bits per heavy atom. The summed E-state index contributed by atoms with van der Waals surface area (Å²) >= 11 is 0. The summed E-state index contributed by atoms with van der Waals surface area (Å²) in [6.45, 7) is 0. The molecule has 7 nitrogen and oxygen atoms in total. The van der Waals surface area contributed by atoms with E-state index in [1.165, 1.54) is 23.2 Å². The number of benzene rings is 2. The molecule has 1 unspecified atom stereocenters. The van der Waals surface area contributed by atoms with E-state index >= 15 is 0 Å². The number of hydrogen-bond donors (Lipinski definition) is 2. The van der Waals surface area contributed by atoms with E-state index in [0.29, 0.717) is 5.69 Å². The van der Waals surface area contributed by atoms with Crippen LogP contribution in [-0.4, -0.2) is 26.1 Å². The first-order valence-corrected chi connectivity index (χ1v) is 7.71. The number of aliphatic carboxylic acids is 1. The topological polar surface area (TPSA) is 83.3 Å². The number of nitrogens with one attached hydrogen (secondary N) is 1. The quantitative estimate of drug-likeness (QED) is 0.762. The molecule has 0 radical (unpaired) electrons. The van der Waals surface area contributed by atoms with Gasteiger partial charge in [-0.3, -0.25) is 0 Å². The van der Waals surface area contributed by atoms with Crippen LogP contribution in [0.15, 0.2) is 79.3 Å². The number of aromatic nitrogens is 3. The normalized spacial score (nSPS) is 19.0. The Labute approximate surface area is 143 Å². The standard InChI is InChI=1S/C18H15N5O2/c24-17(25)18(22-13-12-19-21-22)10-11-20-23(18)16-8-6-15(7-9-16)14-4-2-1-3-5-14/h1-13,20H,(H,24,25). The third kappa shape index (κ3) is 2.33. The van der Waals surface area contributed by atoms with E-state index in [-0.39, 0.29) is 0 Å². The molecule has 1 aliphatic heterocycles. The number of rotatable bonds is 4. The molecule has 0 bridgehead atoms. The van der Waals surface area contributed by atoms with Gasteiger partial charge in [-0.2, -0.15) is 0 Å². The van der Waals surface area contributed by atoms with Crippen LogP contribution in [0.3, 0.4) is 0 Å². The number of hydrogen-bond acceptors (Lipinski definition) is 5. The van der Waals surface area contributed by atoms with Gasteiger partial charge in [0.1, 0.15) is 0 Å². The second kappa shape index (κ2) is 5.79. The van der Waals surface area contributed by atoms with Gasteiger partial charge in [0, 0.05) is 12.4 Å². The second-order valence-electron chi connectivity index (χ2n) is 5.59. The summed E-state index contributed by atoms with van der Waals surface area (Å²) < 4.78 is 1.30. The molecule has 0 amide bonds. The minimum atomic E-state index is -1.51. The van der Waals surface area contributed by atoms with Crippen LogP contribution < -0.4 is 10.4 Å². The smallest absolute Gasteiger partial charge is 0.358 e. The van der Waals surface area contributed by atoms with Crippen LogP contribution in [0, 0.1) is 0 Å². The van der Waals surface area contributed by atoms with Gasteiger partial charge in [0.2, 0.25) is 0 Å². The van der Waals surface area contributed by atoms with Crippen molar-refractivity contribution in [1.29, 1.82) is 0 Å². The molecule has 2 heterocycles. The van der Waals surface area contributed by atoms with Crippen molar-refractivity contribution in [3.63, 3.8) is 0 Å². The van der Waals surface area contributed by atoms with Gasteiger partial charge in [0.15, 0.2) is 0 Å². The molecule has 3 aromatic rings. The van der Waals surface area contributed by atoms with Crippen molar-refractivity contribution in [2.45, 2.75) is 5.66 Å². The van der Waals surface area contributed by atoms with Crippen LogP contribution in [-0.2, 0) is 10.5 Å². The highest BCUT2D eigenvalue weighted by atomic mass is 16.4. The lowest BCUT2D eigenvalue weighted by atomic mass is 10.0. The average Bonchev–Trinajstić information content (AvgIpc) is 3.33. The predicted octanol–water partition coefficient (Wildman–Crippen LogP) is 2.22. The van der Waals surface area contributed by atoms with Gasteiger partial charge in [0.05, 0.1) is 11.9 Å². The number of anilines is 1. The summed E-state index contributed by atoms with van der Waals surface area (Å²) in [6.07, 6.45) is 6.10. The van der Waals surface area contributed by atoms with Gasteiger partial charge in [-0.25, -0.2) is 14.5 Å². The highest BCUT2D eigenvalue weighted by Crippen LogP contribution is 2.32. The SMILES string of the molecule is O=C(O)C1(n2ccnn2)C=CNN1c1ccc(-c2ccccc2)cc1. The number of hydrazine groups is 1. The zero-order chi connectivity index (χ0) is 17.3. The average molecular weight is 333 g/mol. The van der Waals surface area contributed by atoms with Crippen molar-refractivity contribution >= 4 is 11.7 Å². The summed E-state index contributed by atoms with van der Waals surface area (Å²) in [6, 6.07) is 17.6. The fourth-order valence-corrected chi connectivity index (χ4v) is 2.94. The zero-order valence-electron chi connectivity index (χ0n) is 13.1. The first-order chi connectivity index (χ1) is 12.2. The maximum Gasteiger partial charge on any atom is 0.358 e. The van der Waals surface area contributed by atoms with E-state index < -0.39 is 11.6 Å². The maximum absolute atomic E-state index is 12.1. The Morgan fingerprint density at radius 3 is 2.40 bits per heavy atom. The van der Waals surface area contributed by atoms with Crippen LogP contribution in [0.4, 0.5) is 5.69 Å². The van der Waals surface area contributed by atoms with Crippen LogP contribution >= 0.6 is 0 Å². The lowest BCUT2D eigenvalue weighted by Crippen LogP contribution is -2.56. The summed E-state index contributed by atoms with van der Waals surface area (Å²) in [5.74, 6) is -1.06. The Kier molecular flexibility index (Phi) is 3.46. The highest BCUT2D eigenvalue weighted by Gasteiger charge is 2.48. The lowest BCUT2D eigenvalue weighted by molar-refractivity contribution is -0.145. The number of carboxylic acid groups (broad SMARTS) is 1. The van der Waals surface area contributed by atoms with Gasteiger partial charge in [-0.1, -0.05) is 47.7 Å².